The van der Waals surface area contributed by atoms with Crippen molar-refractivity contribution in [3.05, 3.63) is 34.3 Å². The molecule has 0 aromatic heterocycles. The maximum absolute atomic E-state index is 12.8. The molecule has 70 valence electrons. The van der Waals surface area contributed by atoms with Crippen molar-refractivity contribution in [1.82, 2.24) is 0 Å². The lowest BCUT2D eigenvalue weighted by Gasteiger charge is -2.11. The molecule has 0 aromatic carbocycles. The second-order valence-corrected chi connectivity index (χ2v) is 3.46. The molecule has 1 aliphatic carbocycles. The molecule has 0 N–H and O–H groups in total. The van der Waals surface area contributed by atoms with Crippen molar-refractivity contribution in [3.8, 4) is 0 Å². The first kappa shape index (κ1) is 10.6. The fourth-order valence-corrected chi connectivity index (χ4v) is 1.31. The quantitative estimate of drug-likeness (QED) is 0.417. The van der Waals surface area contributed by atoms with Crippen LogP contribution >= 0.6 is 22.6 Å². The van der Waals surface area contributed by atoms with Gasteiger partial charge in [-0.3, -0.25) is 0 Å². The molecule has 1 unspecified atom stereocenters. The van der Waals surface area contributed by atoms with Crippen molar-refractivity contribution >= 4 is 28.3 Å². The zero-order chi connectivity index (χ0) is 9.68. The van der Waals surface area contributed by atoms with E-state index in [-0.39, 0.29) is 5.92 Å². The van der Waals surface area contributed by atoms with Crippen LogP contribution in [0.4, 0.5) is 4.39 Å². The van der Waals surface area contributed by atoms with Gasteiger partial charge < -0.3 is 0 Å². The Balaban J connectivity index is 2.67. The highest BCUT2D eigenvalue weighted by Crippen LogP contribution is 2.15. The lowest BCUT2D eigenvalue weighted by molar-refractivity contribution is 0.629. The van der Waals surface area contributed by atoms with E-state index in [1.54, 1.807) is 0 Å². The molecule has 0 saturated carbocycles. The van der Waals surface area contributed by atoms with Crippen molar-refractivity contribution in [1.29, 1.82) is 0 Å². The van der Waals surface area contributed by atoms with Crippen LogP contribution in [0.1, 0.15) is 13.3 Å². The largest absolute Gasteiger partial charge is 0.229 e. The van der Waals surface area contributed by atoms with E-state index in [2.05, 4.69) is 11.1 Å². The van der Waals surface area contributed by atoms with Gasteiger partial charge in [0.05, 0.1) is 0 Å². The number of hydrogen-bond acceptors (Lipinski definition) is 1. The van der Waals surface area contributed by atoms with Crippen LogP contribution in [0.2, 0.25) is 0 Å². The van der Waals surface area contributed by atoms with Crippen LogP contribution in [-0.4, -0.2) is 5.71 Å². The molecule has 0 saturated heterocycles. The summed E-state index contributed by atoms with van der Waals surface area (Å²) < 4.78 is 14.1. The van der Waals surface area contributed by atoms with Crippen molar-refractivity contribution in [2.24, 2.45) is 10.9 Å². The summed E-state index contributed by atoms with van der Waals surface area (Å²) in [6, 6.07) is 0. The fraction of sp³-hybridized carbons (Fsp3) is 0.300. The van der Waals surface area contributed by atoms with E-state index >= 15 is 0 Å². The average molecular weight is 291 g/mol. The normalized spacial score (nSPS) is 23.8. The van der Waals surface area contributed by atoms with E-state index < -0.39 is 5.95 Å². The van der Waals surface area contributed by atoms with E-state index in [1.165, 1.54) is 4.08 Å². The second kappa shape index (κ2) is 5.32. The Morgan fingerprint density at radius 3 is 2.92 bits per heavy atom. The predicted octanol–water partition coefficient (Wildman–Crippen LogP) is 3.78. The van der Waals surface area contributed by atoms with Gasteiger partial charge in [-0.1, -0.05) is 24.3 Å². The molecule has 1 atom stereocenters. The Morgan fingerprint density at radius 1 is 1.62 bits per heavy atom. The van der Waals surface area contributed by atoms with Crippen LogP contribution in [0.25, 0.3) is 0 Å². The van der Waals surface area contributed by atoms with Gasteiger partial charge in [0, 0.05) is 15.7 Å². The first-order valence-electron chi connectivity index (χ1n) is 4.08. The molecule has 0 aliphatic heterocycles. The Bertz CT molecular complexity index is 289. The molecule has 1 aliphatic rings. The minimum Gasteiger partial charge on any atom is -0.229 e. The maximum Gasteiger partial charge on any atom is 0.218 e. The van der Waals surface area contributed by atoms with Gasteiger partial charge in [0.15, 0.2) is 0 Å². The lowest BCUT2D eigenvalue weighted by atomic mass is 9.96. The van der Waals surface area contributed by atoms with E-state index in [0.717, 1.165) is 12.1 Å². The summed E-state index contributed by atoms with van der Waals surface area (Å²) in [6.07, 6.45) is 8.99. The van der Waals surface area contributed by atoms with Gasteiger partial charge in [-0.25, -0.2) is 4.99 Å². The highest BCUT2D eigenvalue weighted by molar-refractivity contribution is 14.1. The van der Waals surface area contributed by atoms with E-state index in [9.17, 15) is 4.39 Å². The van der Waals surface area contributed by atoms with Crippen LogP contribution in [0.5, 0.6) is 0 Å². The van der Waals surface area contributed by atoms with Gasteiger partial charge >= 0.3 is 0 Å². The number of allylic oxidation sites excluding steroid dienone is 4. The summed E-state index contributed by atoms with van der Waals surface area (Å²) >= 11 is 1.84. The topological polar surface area (TPSA) is 12.4 Å². The van der Waals surface area contributed by atoms with Gasteiger partial charge in [0.25, 0.3) is 0 Å². The minimum absolute atomic E-state index is 0.257. The summed E-state index contributed by atoms with van der Waals surface area (Å²) in [5.41, 5.74) is 0.825. The Labute approximate surface area is 91.3 Å². The number of rotatable bonds is 2. The third-order valence-corrected chi connectivity index (χ3v) is 2.40. The molecule has 1 rings (SSSR count). The zero-order valence-corrected chi connectivity index (χ0v) is 9.53. The van der Waals surface area contributed by atoms with Crippen LogP contribution in [0, 0.1) is 5.92 Å². The molecule has 0 radical (unpaired) electrons. The second-order valence-electron chi connectivity index (χ2n) is 2.84. The molecule has 0 heterocycles. The molecule has 0 aromatic rings. The third kappa shape index (κ3) is 3.42. The van der Waals surface area contributed by atoms with Gasteiger partial charge in [-0.2, -0.15) is 4.39 Å². The van der Waals surface area contributed by atoms with Crippen LogP contribution in [-0.2, 0) is 0 Å². The maximum atomic E-state index is 12.8. The summed E-state index contributed by atoms with van der Waals surface area (Å²) in [4.78, 5) is 3.84. The lowest BCUT2D eigenvalue weighted by Crippen LogP contribution is -2.08. The summed E-state index contributed by atoms with van der Waals surface area (Å²) in [5.74, 6) is -0.159. The van der Waals surface area contributed by atoms with Crippen LogP contribution in [0.15, 0.2) is 39.3 Å². The average Bonchev–Trinajstić information content (AvgIpc) is 2.19. The molecule has 0 amide bonds. The number of nitrogens with zero attached hydrogens (tertiary/aromatic N) is 1. The monoisotopic (exact) mass is 291 g/mol. The first-order chi connectivity index (χ1) is 6.24. The zero-order valence-electron chi connectivity index (χ0n) is 7.37. The minimum atomic E-state index is -0.416. The summed E-state index contributed by atoms with van der Waals surface area (Å²) in [6.45, 7) is 1.86. The molecular formula is C10H11FIN. The van der Waals surface area contributed by atoms with Gasteiger partial charge in [0.1, 0.15) is 0 Å². The summed E-state index contributed by atoms with van der Waals surface area (Å²) in [5, 5.41) is 0. The molecule has 0 spiro atoms. The molecule has 3 heteroatoms. The summed E-state index contributed by atoms with van der Waals surface area (Å²) in [7, 11) is 0. The number of aliphatic imine (C=N–C) groups is 1. The van der Waals surface area contributed by atoms with Crippen molar-refractivity contribution in [3.63, 3.8) is 0 Å². The van der Waals surface area contributed by atoms with E-state index in [1.807, 2.05) is 47.7 Å². The molecular weight excluding hydrogens is 280 g/mol. The Kier molecular flexibility index (Phi) is 4.35. The third-order valence-electron chi connectivity index (χ3n) is 1.89. The highest BCUT2D eigenvalue weighted by Gasteiger charge is 2.08. The number of hydrogen-bond donors (Lipinski definition) is 0. The molecule has 0 bridgehead atoms. The van der Waals surface area contributed by atoms with E-state index in [0.29, 0.717) is 0 Å². The first-order valence-corrected chi connectivity index (χ1v) is 5.33. The SMILES string of the molecule is C/C(=N\C(F)=C/I)C1C=CC=CC1. The fourth-order valence-electron chi connectivity index (χ4n) is 1.17. The van der Waals surface area contributed by atoms with Gasteiger partial charge in [-0.15, -0.1) is 0 Å². The van der Waals surface area contributed by atoms with Gasteiger partial charge in [-0.05, 0) is 35.9 Å². The van der Waals surface area contributed by atoms with E-state index in [4.69, 9.17) is 0 Å². The van der Waals surface area contributed by atoms with Crippen LogP contribution < -0.4 is 0 Å². The van der Waals surface area contributed by atoms with Crippen molar-refractivity contribution in [2.75, 3.05) is 0 Å². The van der Waals surface area contributed by atoms with Crippen LogP contribution in [0.3, 0.4) is 0 Å². The predicted molar refractivity (Wildman–Crippen MR) is 62.7 cm³/mol. The van der Waals surface area contributed by atoms with Crippen molar-refractivity contribution < 1.29 is 4.39 Å². The Hall–Kier alpha value is -0.450. The number of halogens is 2. The smallest absolute Gasteiger partial charge is 0.218 e. The highest BCUT2D eigenvalue weighted by atomic mass is 127. The molecule has 1 nitrogen and oxygen atoms in total. The standard InChI is InChI=1S/C10H11FIN/c1-8(13-10(11)7-12)9-5-3-2-4-6-9/h2-5,7,9H,6H2,1H3/b10-7-,13-8+. The van der Waals surface area contributed by atoms with Gasteiger partial charge in [0.2, 0.25) is 5.95 Å². The molecule has 0 fully saturated rings. The Morgan fingerprint density at radius 2 is 2.38 bits per heavy atom. The molecule has 13 heavy (non-hydrogen) atoms. The van der Waals surface area contributed by atoms with Crippen molar-refractivity contribution in [2.45, 2.75) is 13.3 Å².